The Morgan fingerprint density at radius 1 is 1.16 bits per heavy atom. The van der Waals surface area contributed by atoms with E-state index in [0.29, 0.717) is 22.5 Å². The zero-order valence-electron chi connectivity index (χ0n) is 16.7. The number of nitrogens with one attached hydrogen (secondary N) is 3. The first-order valence-electron chi connectivity index (χ1n) is 10.2. The van der Waals surface area contributed by atoms with Gasteiger partial charge in [0, 0.05) is 25.8 Å². The van der Waals surface area contributed by atoms with E-state index in [9.17, 15) is 9.59 Å². The lowest BCUT2D eigenvalue weighted by Gasteiger charge is -2.32. The van der Waals surface area contributed by atoms with Gasteiger partial charge in [-0.3, -0.25) is 14.9 Å². The summed E-state index contributed by atoms with van der Waals surface area (Å²) in [5.41, 5.74) is 2.61. The second kappa shape index (κ2) is 8.38. The maximum Gasteiger partial charge on any atom is 0.290 e. The molecule has 2 saturated heterocycles. The number of carbonyl (C=O) groups is 2. The fourth-order valence-corrected chi connectivity index (χ4v) is 4.43. The molecule has 4 heterocycles. The van der Waals surface area contributed by atoms with Crippen LogP contribution in [0.25, 0.3) is 17.1 Å². The molecule has 31 heavy (non-hydrogen) atoms. The van der Waals surface area contributed by atoms with E-state index in [0.717, 1.165) is 61.2 Å². The minimum absolute atomic E-state index is 0.352. The molecular formula is C21H21N7O2S. The van der Waals surface area contributed by atoms with Crippen LogP contribution in [0, 0.1) is 5.92 Å². The lowest BCUT2D eigenvalue weighted by molar-refractivity contribution is -0.115. The van der Waals surface area contributed by atoms with Gasteiger partial charge in [-0.05, 0) is 54.8 Å². The molecule has 9 nitrogen and oxygen atoms in total. The topological polar surface area (TPSA) is 116 Å². The minimum Gasteiger partial charge on any atom is -0.356 e. The molecule has 0 saturated carbocycles. The van der Waals surface area contributed by atoms with Crippen molar-refractivity contribution in [1.82, 2.24) is 25.3 Å². The Hall–Kier alpha value is -3.40. The third-order valence-corrected chi connectivity index (χ3v) is 6.24. The number of anilines is 2. The van der Waals surface area contributed by atoms with Gasteiger partial charge < -0.3 is 15.2 Å². The summed E-state index contributed by atoms with van der Waals surface area (Å²) in [4.78, 5) is 42.4. The van der Waals surface area contributed by atoms with Crippen LogP contribution in [0.1, 0.15) is 18.5 Å². The van der Waals surface area contributed by atoms with Crippen molar-refractivity contribution in [3.05, 3.63) is 47.1 Å². The number of rotatable bonds is 5. The standard InChI is InChI=1S/C21H21N7O2S/c29-18-17(31-21(30)27-18)11-14-5-8-22-20(24-14)28-9-6-13(7-10-28)12-23-19-25-15-3-1-2-4-16(15)26-19/h1-5,8,11,13H,6-7,9-10,12H2,(H2,23,25,26)(H,27,29,30). The maximum absolute atomic E-state index is 11.7. The van der Waals surface area contributed by atoms with Crippen LogP contribution in [0.2, 0.25) is 0 Å². The van der Waals surface area contributed by atoms with E-state index in [1.165, 1.54) is 0 Å². The van der Waals surface area contributed by atoms with Crippen molar-refractivity contribution in [1.29, 1.82) is 0 Å². The lowest BCUT2D eigenvalue weighted by atomic mass is 9.97. The Morgan fingerprint density at radius 3 is 2.77 bits per heavy atom. The summed E-state index contributed by atoms with van der Waals surface area (Å²) in [5.74, 6) is 1.61. The number of para-hydroxylation sites is 2. The maximum atomic E-state index is 11.7. The van der Waals surface area contributed by atoms with Crippen molar-refractivity contribution in [3.8, 4) is 0 Å². The smallest absolute Gasteiger partial charge is 0.290 e. The van der Waals surface area contributed by atoms with Crippen LogP contribution in [0.5, 0.6) is 0 Å². The fraction of sp³-hybridized carbons (Fsp3) is 0.286. The molecule has 2 aromatic heterocycles. The first-order valence-corrected chi connectivity index (χ1v) is 11.0. The van der Waals surface area contributed by atoms with Crippen molar-refractivity contribution in [2.45, 2.75) is 12.8 Å². The summed E-state index contributed by atoms with van der Waals surface area (Å²) in [6.45, 7) is 2.58. The number of H-pyrrole nitrogens is 1. The molecule has 0 unspecified atom stereocenters. The van der Waals surface area contributed by atoms with Gasteiger partial charge in [-0.15, -0.1) is 0 Å². The normalized spacial score (nSPS) is 18.7. The highest BCUT2D eigenvalue weighted by atomic mass is 32.2. The van der Waals surface area contributed by atoms with E-state index in [2.05, 4.69) is 35.5 Å². The van der Waals surface area contributed by atoms with Crippen LogP contribution in [-0.2, 0) is 4.79 Å². The Labute approximate surface area is 182 Å². The quantitative estimate of drug-likeness (QED) is 0.524. The zero-order chi connectivity index (χ0) is 21.2. The molecule has 5 rings (SSSR count). The highest BCUT2D eigenvalue weighted by Crippen LogP contribution is 2.26. The van der Waals surface area contributed by atoms with Crippen molar-refractivity contribution >= 4 is 51.9 Å². The van der Waals surface area contributed by atoms with Crippen molar-refractivity contribution < 1.29 is 9.59 Å². The first kappa shape index (κ1) is 19.6. The number of thioether (sulfide) groups is 1. The molecule has 2 aliphatic rings. The molecule has 3 aromatic rings. The molecule has 2 amide bonds. The second-order valence-electron chi connectivity index (χ2n) is 7.55. The molecule has 158 valence electrons. The fourth-order valence-electron chi connectivity index (χ4n) is 3.76. The van der Waals surface area contributed by atoms with E-state index in [1.807, 2.05) is 24.3 Å². The molecule has 2 fully saturated rings. The monoisotopic (exact) mass is 435 g/mol. The van der Waals surface area contributed by atoms with Gasteiger partial charge in [0.25, 0.3) is 11.1 Å². The van der Waals surface area contributed by atoms with Crippen molar-refractivity contribution in [2.24, 2.45) is 5.92 Å². The number of hydrogen-bond donors (Lipinski definition) is 3. The Kier molecular flexibility index (Phi) is 5.29. The molecule has 2 aliphatic heterocycles. The number of imidazole rings is 1. The van der Waals surface area contributed by atoms with Crippen LogP contribution in [0.4, 0.5) is 16.7 Å². The Balaban J connectivity index is 1.17. The minimum atomic E-state index is -0.382. The number of fused-ring (bicyclic) bond motifs is 1. The van der Waals surface area contributed by atoms with E-state index in [4.69, 9.17) is 0 Å². The van der Waals surface area contributed by atoms with Gasteiger partial charge in [0.05, 0.1) is 21.6 Å². The number of aromatic amines is 1. The van der Waals surface area contributed by atoms with Gasteiger partial charge in [-0.1, -0.05) is 12.1 Å². The van der Waals surface area contributed by atoms with Gasteiger partial charge >= 0.3 is 0 Å². The number of aromatic nitrogens is 4. The van der Waals surface area contributed by atoms with E-state index >= 15 is 0 Å². The summed E-state index contributed by atoms with van der Waals surface area (Å²) in [7, 11) is 0. The second-order valence-corrected chi connectivity index (χ2v) is 8.56. The lowest BCUT2D eigenvalue weighted by Crippen LogP contribution is -2.37. The highest BCUT2D eigenvalue weighted by molar-refractivity contribution is 8.18. The van der Waals surface area contributed by atoms with Gasteiger partial charge in [0.1, 0.15) is 0 Å². The predicted octanol–water partition coefficient (Wildman–Crippen LogP) is 3.01. The molecule has 0 atom stereocenters. The first-order chi connectivity index (χ1) is 15.1. The van der Waals surface area contributed by atoms with E-state index in [-0.39, 0.29) is 11.1 Å². The van der Waals surface area contributed by atoms with E-state index in [1.54, 1.807) is 18.3 Å². The third-order valence-electron chi connectivity index (χ3n) is 5.43. The van der Waals surface area contributed by atoms with Crippen LogP contribution in [0.15, 0.2) is 41.4 Å². The van der Waals surface area contributed by atoms with E-state index < -0.39 is 0 Å². The van der Waals surface area contributed by atoms with Gasteiger partial charge in [0.2, 0.25) is 11.9 Å². The average molecular weight is 436 g/mol. The zero-order valence-corrected chi connectivity index (χ0v) is 17.5. The highest BCUT2D eigenvalue weighted by Gasteiger charge is 2.25. The van der Waals surface area contributed by atoms with Crippen LogP contribution >= 0.6 is 11.8 Å². The number of benzene rings is 1. The van der Waals surface area contributed by atoms with Crippen LogP contribution < -0.4 is 15.5 Å². The van der Waals surface area contributed by atoms with Crippen molar-refractivity contribution in [3.63, 3.8) is 0 Å². The third kappa shape index (κ3) is 4.38. The molecule has 0 spiro atoms. The van der Waals surface area contributed by atoms with Crippen LogP contribution in [-0.4, -0.2) is 50.7 Å². The SMILES string of the molecule is O=C1NC(=O)C(=Cc2ccnc(N3CCC(CNc4nc5ccccc5[nH]4)CC3)n2)S1. The Morgan fingerprint density at radius 2 is 2.00 bits per heavy atom. The number of piperidine rings is 1. The summed E-state index contributed by atoms with van der Waals surface area (Å²) in [5, 5.41) is 5.32. The van der Waals surface area contributed by atoms with Gasteiger partial charge in [0.15, 0.2) is 0 Å². The summed E-state index contributed by atoms with van der Waals surface area (Å²) in [6.07, 6.45) is 5.35. The average Bonchev–Trinajstić information content (AvgIpc) is 3.34. The number of amides is 2. The summed E-state index contributed by atoms with van der Waals surface area (Å²) >= 11 is 0.888. The molecule has 0 aliphatic carbocycles. The molecule has 3 N–H and O–H groups in total. The number of carbonyl (C=O) groups excluding carboxylic acids is 2. The predicted molar refractivity (Wildman–Crippen MR) is 121 cm³/mol. The largest absolute Gasteiger partial charge is 0.356 e. The molecule has 0 bridgehead atoms. The molecule has 0 radical (unpaired) electrons. The van der Waals surface area contributed by atoms with Gasteiger partial charge in [-0.25, -0.2) is 15.0 Å². The molecular weight excluding hydrogens is 414 g/mol. The molecule has 10 heteroatoms. The molecule has 1 aromatic carbocycles. The number of imide groups is 1. The van der Waals surface area contributed by atoms with Gasteiger partial charge in [-0.2, -0.15) is 0 Å². The Bertz CT molecular complexity index is 1130. The summed E-state index contributed by atoms with van der Waals surface area (Å²) in [6, 6.07) is 9.73. The number of hydrogen-bond acceptors (Lipinski definition) is 8. The van der Waals surface area contributed by atoms with Crippen molar-refractivity contribution in [2.75, 3.05) is 29.9 Å². The van der Waals surface area contributed by atoms with Crippen LogP contribution in [0.3, 0.4) is 0 Å². The summed E-state index contributed by atoms with van der Waals surface area (Å²) < 4.78 is 0. The number of nitrogens with zero attached hydrogens (tertiary/aromatic N) is 4.